The number of hydrogen-bond acceptors (Lipinski definition) is 5. The highest BCUT2D eigenvalue weighted by molar-refractivity contribution is 7.80. The van der Waals surface area contributed by atoms with Crippen LogP contribution in [0, 0.1) is 0 Å². The number of nitrogens with one attached hydrogen (secondary N) is 1. The van der Waals surface area contributed by atoms with Gasteiger partial charge in [-0.05, 0) is 43.1 Å². The van der Waals surface area contributed by atoms with Crippen LogP contribution in [0.2, 0.25) is 0 Å². The van der Waals surface area contributed by atoms with Crippen molar-refractivity contribution in [2.75, 3.05) is 12.3 Å². The molecule has 1 aliphatic heterocycles. The number of nitrogens with zero attached hydrogens (tertiary/aromatic N) is 1. The van der Waals surface area contributed by atoms with E-state index in [1.54, 1.807) is 4.90 Å². The summed E-state index contributed by atoms with van der Waals surface area (Å²) >= 11 is 4.02. The first-order valence-electron chi connectivity index (χ1n) is 9.45. The molecule has 1 aliphatic rings. The van der Waals surface area contributed by atoms with E-state index in [0.717, 1.165) is 24.0 Å². The van der Waals surface area contributed by atoms with Crippen LogP contribution in [0.3, 0.4) is 0 Å². The highest BCUT2D eigenvalue weighted by atomic mass is 32.1. The van der Waals surface area contributed by atoms with Crippen LogP contribution in [0.4, 0.5) is 0 Å². The van der Waals surface area contributed by atoms with Gasteiger partial charge in [-0.25, -0.2) is 0 Å². The van der Waals surface area contributed by atoms with E-state index in [9.17, 15) is 14.4 Å². The number of unbranched alkanes of at least 4 members (excludes halogenated alkanes) is 1. The molecule has 2 atom stereocenters. The van der Waals surface area contributed by atoms with Crippen LogP contribution in [0.15, 0.2) is 24.3 Å². The van der Waals surface area contributed by atoms with Crippen molar-refractivity contribution in [2.45, 2.75) is 57.7 Å². The molecular formula is C20H29N3O3S. The summed E-state index contributed by atoms with van der Waals surface area (Å²) in [6.45, 7) is 2.52. The van der Waals surface area contributed by atoms with E-state index in [4.69, 9.17) is 5.73 Å². The molecule has 1 heterocycles. The topological polar surface area (TPSA) is 92.5 Å². The van der Waals surface area contributed by atoms with Crippen LogP contribution in [-0.2, 0) is 27.3 Å². The smallest absolute Gasteiger partial charge is 0.240 e. The maximum absolute atomic E-state index is 12.9. The zero-order valence-electron chi connectivity index (χ0n) is 15.8. The predicted molar refractivity (Wildman–Crippen MR) is 108 cm³/mol. The lowest BCUT2D eigenvalue weighted by Gasteiger charge is -2.37. The van der Waals surface area contributed by atoms with Crippen molar-refractivity contribution in [3.8, 4) is 0 Å². The Bertz CT molecular complexity index is 680. The minimum Gasteiger partial charge on any atom is -0.356 e. The number of nitrogens with two attached hydrogens (primary N) is 1. The summed E-state index contributed by atoms with van der Waals surface area (Å²) in [5, 5.41) is 2.81. The van der Waals surface area contributed by atoms with E-state index in [-0.39, 0.29) is 17.6 Å². The molecule has 0 bridgehead atoms. The van der Waals surface area contributed by atoms with Crippen molar-refractivity contribution < 1.29 is 14.4 Å². The molecule has 1 aromatic rings. The van der Waals surface area contributed by atoms with E-state index in [0.29, 0.717) is 38.1 Å². The quantitative estimate of drug-likeness (QED) is 0.439. The van der Waals surface area contributed by atoms with Crippen molar-refractivity contribution in [3.05, 3.63) is 35.4 Å². The standard InChI is InChI=1S/C20H29N3O3S/c1-14(24)18-12-15-6-2-3-7-16(15)13-23(18)20(26)17(21)8-4-5-10-22-19(25)9-11-27/h2-3,6-7,17-18,27H,4-5,8-13,21H2,1H3,(H,22,25)/t17-,18-/m1/s1. The molecule has 1 aromatic carbocycles. The summed E-state index contributed by atoms with van der Waals surface area (Å²) in [5.41, 5.74) is 8.31. The second-order valence-corrected chi connectivity index (χ2v) is 7.44. The highest BCUT2D eigenvalue weighted by Gasteiger charge is 2.34. The Balaban J connectivity index is 1.87. The number of fused-ring (bicyclic) bond motifs is 1. The lowest BCUT2D eigenvalue weighted by Crippen LogP contribution is -2.53. The zero-order valence-corrected chi connectivity index (χ0v) is 16.7. The Morgan fingerprint density at radius 1 is 1.26 bits per heavy atom. The van der Waals surface area contributed by atoms with Gasteiger partial charge < -0.3 is 16.0 Å². The molecule has 0 fully saturated rings. The molecule has 27 heavy (non-hydrogen) atoms. The Labute approximate surface area is 166 Å². The third-order valence-corrected chi connectivity index (χ3v) is 5.14. The molecule has 3 N–H and O–H groups in total. The monoisotopic (exact) mass is 391 g/mol. The van der Waals surface area contributed by atoms with E-state index in [1.807, 2.05) is 24.3 Å². The highest BCUT2D eigenvalue weighted by Crippen LogP contribution is 2.24. The number of ketones is 1. The molecule has 0 aliphatic carbocycles. The summed E-state index contributed by atoms with van der Waals surface area (Å²) in [5.74, 6) is 0.323. The number of hydrogen-bond donors (Lipinski definition) is 3. The van der Waals surface area contributed by atoms with Gasteiger partial charge in [0.15, 0.2) is 5.78 Å². The fourth-order valence-electron chi connectivity index (χ4n) is 3.36. The Kier molecular flexibility index (Phi) is 8.31. The van der Waals surface area contributed by atoms with Crippen LogP contribution in [0.25, 0.3) is 0 Å². The van der Waals surface area contributed by atoms with E-state index in [2.05, 4.69) is 17.9 Å². The molecule has 6 nitrogen and oxygen atoms in total. The SMILES string of the molecule is CC(=O)[C@H]1Cc2ccccc2CN1C(=O)[C@H](N)CCCCNC(=O)CCS. The van der Waals surface area contributed by atoms with Crippen molar-refractivity contribution >= 4 is 30.2 Å². The van der Waals surface area contributed by atoms with Crippen LogP contribution in [0.1, 0.15) is 43.7 Å². The molecule has 0 radical (unpaired) electrons. The van der Waals surface area contributed by atoms with Gasteiger partial charge in [0.1, 0.15) is 0 Å². The van der Waals surface area contributed by atoms with Gasteiger partial charge in [-0.2, -0.15) is 12.6 Å². The Morgan fingerprint density at radius 3 is 2.63 bits per heavy atom. The maximum atomic E-state index is 12.9. The fraction of sp³-hybridized carbons (Fsp3) is 0.550. The second-order valence-electron chi connectivity index (χ2n) is 6.99. The third kappa shape index (κ3) is 6.07. The molecule has 2 rings (SSSR count). The van der Waals surface area contributed by atoms with Crippen molar-refractivity contribution in [3.63, 3.8) is 0 Å². The van der Waals surface area contributed by atoms with Gasteiger partial charge >= 0.3 is 0 Å². The van der Waals surface area contributed by atoms with Crippen LogP contribution in [-0.4, -0.2) is 46.9 Å². The maximum Gasteiger partial charge on any atom is 0.240 e. The first kappa shape index (κ1) is 21.4. The fourth-order valence-corrected chi connectivity index (χ4v) is 3.56. The molecule has 0 unspecified atom stereocenters. The predicted octanol–water partition coefficient (Wildman–Crippen LogP) is 1.46. The first-order valence-corrected chi connectivity index (χ1v) is 10.1. The number of carbonyl (C=O) groups is 3. The second kappa shape index (κ2) is 10.5. The number of benzene rings is 1. The van der Waals surface area contributed by atoms with Gasteiger partial charge in [0, 0.05) is 25.9 Å². The summed E-state index contributed by atoms with van der Waals surface area (Å²) in [7, 11) is 0. The third-order valence-electron chi connectivity index (χ3n) is 4.92. The van der Waals surface area contributed by atoms with Crippen LogP contribution < -0.4 is 11.1 Å². The molecule has 2 amide bonds. The molecule has 0 saturated heterocycles. The number of thiol groups is 1. The van der Waals surface area contributed by atoms with Gasteiger partial charge in [0.25, 0.3) is 0 Å². The number of carbonyl (C=O) groups excluding carboxylic acids is 3. The number of amides is 2. The van der Waals surface area contributed by atoms with E-state index in [1.165, 1.54) is 6.92 Å². The summed E-state index contributed by atoms with van der Waals surface area (Å²) in [4.78, 5) is 37.9. The van der Waals surface area contributed by atoms with E-state index < -0.39 is 12.1 Å². The largest absolute Gasteiger partial charge is 0.356 e. The number of Topliss-reactive ketones (excluding diaryl/α,β-unsaturated/α-hetero) is 1. The Morgan fingerprint density at radius 2 is 1.96 bits per heavy atom. The van der Waals surface area contributed by atoms with Crippen molar-refractivity contribution in [1.82, 2.24) is 10.2 Å². The summed E-state index contributed by atoms with van der Waals surface area (Å²) in [6.07, 6.45) is 2.98. The van der Waals surface area contributed by atoms with Crippen LogP contribution in [0.5, 0.6) is 0 Å². The number of rotatable bonds is 9. The summed E-state index contributed by atoms with van der Waals surface area (Å²) < 4.78 is 0. The molecule has 0 aromatic heterocycles. The average Bonchev–Trinajstić information content (AvgIpc) is 2.66. The van der Waals surface area contributed by atoms with Crippen LogP contribution >= 0.6 is 12.6 Å². The lowest BCUT2D eigenvalue weighted by atomic mass is 9.91. The van der Waals surface area contributed by atoms with Crippen molar-refractivity contribution in [2.24, 2.45) is 5.73 Å². The molecule has 0 saturated carbocycles. The van der Waals surface area contributed by atoms with E-state index >= 15 is 0 Å². The first-order chi connectivity index (χ1) is 12.9. The van der Waals surface area contributed by atoms with Crippen molar-refractivity contribution in [1.29, 1.82) is 0 Å². The zero-order chi connectivity index (χ0) is 19.8. The van der Waals surface area contributed by atoms with Gasteiger partial charge in [0.05, 0.1) is 12.1 Å². The van der Waals surface area contributed by atoms with Gasteiger partial charge in [-0.1, -0.05) is 24.3 Å². The summed E-state index contributed by atoms with van der Waals surface area (Å²) in [6, 6.07) is 6.82. The average molecular weight is 392 g/mol. The lowest BCUT2D eigenvalue weighted by molar-refractivity contribution is -0.141. The normalized spacial score (nSPS) is 17.1. The molecular weight excluding hydrogens is 362 g/mol. The molecule has 148 valence electrons. The minimum absolute atomic E-state index is 0.0124. The molecule has 7 heteroatoms. The minimum atomic E-state index is -0.634. The van der Waals surface area contributed by atoms with Gasteiger partial charge in [-0.3, -0.25) is 14.4 Å². The molecule has 0 spiro atoms. The van der Waals surface area contributed by atoms with Gasteiger partial charge in [0.2, 0.25) is 11.8 Å². The Hall–Kier alpha value is -1.86. The van der Waals surface area contributed by atoms with Gasteiger partial charge in [-0.15, -0.1) is 0 Å².